The molecule has 0 bridgehead atoms. The Hall–Kier alpha value is -2.87. The van der Waals surface area contributed by atoms with Crippen LogP contribution < -0.4 is 10.6 Å². The van der Waals surface area contributed by atoms with Gasteiger partial charge >= 0.3 is 18.0 Å². The summed E-state index contributed by atoms with van der Waals surface area (Å²) in [5, 5.41) is 14.6. The summed E-state index contributed by atoms with van der Waals surface area (Å²) in [6.45, 7) is 1.56. The number of rotatable bonds is 4. The normalized spacial score (nSPS) is 12.3. The quantitative estimate of drug-likeness (QED) is 0.728. The minimum absolute atomic E-state index is 0.192. The van der Waals surface area contributed by atoms with Crippen LogP contribution in [-0.2, 0) is 15.8 Å². The molecule has 0 radical (unpaired) electrons. The third-order valence-electron chi connectivity index (χ3n) is 3.59. The summed E-state index contributed by atoms with van der Waals surface area (Å²) in [5.41, 5.74) is 0.790. The standard InChI is InChI=1S/C18H17F3N2O3/c1-11-2-8-14(9-3-11)23-17(26)16(25)22-10-15(24)12-4-6-13(7-5-12)18(19,20)21/h2-9,15,24H,10H2,1H3,(H,22,25)(H,23,26). The zero-order chi connectivity index (χ0) is 19.3. The number of benzene rings is 2. The fourth-order valence-corrected chi connectivity index (χ4v) is 2.11. The van der Waals surface area contributed by atoms with Gasteiger partial charge in [0.05, 0.1) is 11.7 Å². The SMILES string of the molecule is Cc1ccc(NC(=O)C(=O)NCC(O)c2ccc(C(F)(F)F)cc2)cc1. The highest BCUT2D eigenvalue weighted by atomic mass is 19.4. The number of aliphatic hydroxyl groups excluding tert-OH is 1. The van der Waals surface area contributed by atoms with Crippen molar-refractivity contribution in [2.75, 3.05) is 11.9 Å². The van der Waals surface area contributed by atoms with Crippen molar-refractivity contribution in [3.8, 4) is 0 Å². The number of halogens is 3. The summed E-state index contributed by atoms with van der Waals surface area (Å²) in [4.78, 5) is 23.5. The second-order valence-electron chi connectivity index (χ2n) is 5.67. The van der Waals surface area contributed by atoms with Gasteiger partial charge in [-0.15, -0.1) is 0 Å². The smallest absolute Gasteiger partial charge is 0.387 e. The Morgan fingerprint density at radius 2 is 1.58 bits per heavy atom. The van der Waals surface area contributed by atoms with Gasteiger partial charge in [0.1, 0.15) is 0 Å². The molecular weight excluding hydrogens is 349 g/mol. The lowest BCUT2D eigenvalue weighted by atomic mass is 10.1. The fraction of sp³-hybridized carbons (Fsp3) is 0.222. The summed E-state index contributed by atoms with van der Waals surface area (Å²) in [6.07, 6.45) is -5.71. The average Bonchev–Trinajstić information content (AvgIpc) is 2.60. The molecule has 138 valence electrons. The van der Waals surface area contributed by atoms with Crippen molar-refractivity contribution in [2.45, 2.75) is 19.2 Å². The van der Waals surface area contributed by atoms with E-state index in [-0.39, 0.29) is 12.1 Å². The molecule has 2 aromatic rings. The zero-order valence-electron chi connectivity index (χ0n) is 13.8. The van der Waals surface area contributed by atoms with E-state index in [9.17, 15) is 27.9 Å². The van der Waals surface area contributed by atoms with Crippen LogP contribution in [0.4, 0.5) is 18.9 Å². The topological polar surface area (TPSA) is 78.4 Å². The van der Waals surface area contributed by atoms with Crippen LogP contribution >= 0.6 is 0 Å². The number of carbonyl (C=O) groups excluding carboxylic acids is 2. The van der Waals surface area contributed by atoms with E-state index in [2.05, 4.69) is 10.6 Å². The number of amides is 2. The number of hydrogen-bond donors (Lipinski definition) is 3. The molecule has 0 aliphatic rings. The lowest BCUT2D eigenvalue weighted by molar-refractivity contribution is -0.137. The molecule has 0 fully saturated rings. The molecule has 5 nitrogen and oxygen atoms in total. The molecule has 3 N–H and O–H groups in total. The molecule has 0 spiro atoms. The van der Waals surface area contributed by atoms with Crippen LogP contribution in [0.3, 0.4) is 0 Å². The van der Waals surface area contributed by atoms with Crippen molar-refractivity contribution in [3.05, 3.63) is 65.2 Å². The highest BCUT2D eigenvalue weighted by Gasteiger charge is 2.30. The Kier molecular flexibility index (Phi) is 5.99. The first-order chi connectivity index (χ1) is 12.2. The number of aliphatic hydroxyl groups is 1. The van der Waals surface area contributed by atoms with E-state index in [1.807, 2.05) is 6.92 Å². The van der Waals surface area contributed by atoms with Crippen molar-refractivity contribution in [3.63, 3.8) is 0 Å². The van der Waals surface area contributed by atoms with Gasteiger partial charge in [0.25, 0.3) is 0 Å². The van der Waals surface area contributed by atoms with E-state index in [1.165, 1.54) is 0 Å². The number of anilines is 1. The predicted molar refractivity (Wildman–Crippen MR) is 89.2 cm³/mol. The molecule has 2 rings (SSSR count). The van der Waals surface area contributed by atoms with Gasteiger partial charge in [0.2, 0.25) is 0 Å². The maximum atomic E-state index is 12.5. The van der Waals surface area contributed by atoms with E-state index in [4.69, 9.17) is 0 Å². The maximum Gasteiger partial charge on any atom is 0.416 e. The second-order valence-corrected chi connectivity index (χ2v) is 5.67. The first-order valence-electron chi connectivity index (χ1n) is 7.68. The zero-order valence-corrected chi connectivity index (χ0v) is 13.8. The molecule has 0 aliphatic carbocycles. The van der Waals surface area contributed by atoms with Gasteiger partial charge < -0.3 is 15.7 Å². The van der Waals surface area contributed by atoms with Gasteiger partial charge in [-0.2, -0.15) is 13.2 Å². The monoisotopic (exact) mass is 366 g/mol. The van der Waals surface area contributed by atoms with Crippen LogP contribution in [0.2, 0.25) is 0 Å². The van der Waals surface area contributed by atoms with Crippen molar-refractivity contribution >= 4 is 17.5 Å². The largest absolute Gasteiger partial charge is 0.416 e. The minimum atomic E-state index is -4.47. The number of carbonyl (C=O) groups is 2. The number of alkyl halides is 3. The second kappa shape index (κ2) is 8.01. The summed E-state index contributed by atoms with van der Waals surface area (Å²) >= 11 is 0. The molecule has 1 unspecified atom stereocenters. The summed E-state index contributed by atoms with van der Waals surface area (Å²) in [7, 11) is 0. The Balaban J connectivity index is 1.87. The van der Waals surface area contributed by atoms with Crippen LogP contribution in [0.5, 0.6) is 0 Å². The van der Waals surface area contributed by atoms with Gasteiger partial charge in [-0.3, -0.25) is 9.59 Å². The summed E-state index contributed by atoms with van der Waals surface area (Å²) < 4.78 is 37.5. The molecule has 0 heterocycles. The van der Waals surface area contributed by atoms with Crippen molar-refractivity contribution in [1.82, 2.24) is 5.32 Å². The Morgan fingerprint density at radius 3 is 2.12 bits per heavy atom. The molecule has 0 aromatic heterocycles. The maximum absolute atomic E-state index is 12.5. The van der Waals surface area contributed by atoms with Gasteiger partial charge in [-0.1, -0.05) is 29.8 Å². The highest BCUT2D eigenvalue weighted by Crippen LogP contribution is 2.29. The van der Waals surface area contributed by atoms with Crippen LogP contribution in [-0.4, -0.2) is 23.5 Å². The summed E-state index contributed by atoms with van der Waals surface area (Å²) in [6, 6.07) is 10.7. The van der Waals surface area contributed by atoms with E-state index in [1.54, 1.807) is 24.3 Å². The van der Waals surface area contributed by atoms with Crippen molar-refractivity contribution in [1.29, 1.82) is 0 Å². The Morgan fingerprint density at radius 1 is 1.00 bits per heavy atom. The van der Waals surface area contributed by atoms with Crippen LogP contribution in [0, 0.1) is 6.92 Å². The van der Waals surface area contributed by atoms with E-state index in [0.29, 0.717) is 5.69 Å². The van der Waals surface area contributed by atoms with E-state index in [0.717, 1.165) is 29.8 Å². The lowest BCUT2D eigenvalue weighted by Gasteiger charge is -2.13. The molecule has 0 aliphatic heterocycles. The number of hydrogen-bond acceptors (Lipinski definition) is 3. The van der Waals surface area contributed by atoms with Crippen LogP contribution in [0.15, 0.2) is 48.5 Å². The third kappa shape index (κ3) is 5.32. The first kappa shape index (κ1) is 19.5. The predicted octanol–water partition coefficient (Wildman–Crippen LogP) is 2.80. The Labute approximate surface area is 147 Å². The molecule has 26 heavy (non-hydrogen) atoms. The average molecular weight is 366 g/mol. The fourth-order valence-electron chi connectivity index (χ4n) is 2.11. The number of aryl methyl sites for hydroxylation is 1. The van der Waals surface area contributed by atoms with Crippen molar-refractivity contribution < 1.29 is 27.9 Å². The Bertz CT molecular complexity index is 772. The van der Waals surface area contributed by atoms with E-state index < -0.39 is 29.7 Å². The minimum Gasteiger partial charge on any atom is -0.387 e. The van der Waals surface area contributed by atoms with Gasteiger partial charge in [0.15, 0.2) is 0 Å². The molecule has 1 atom stereocenters. The van der Waals surface area contributed by atoms with Crippen LogP contribution in [0.1, 0.15) is 22.8 Å². The van der Waals surface area contributed by atoms with Gasteiger partial charge in [-0.05, 0) is 36.8 Å². The van der Waals surface area contributed by atoms with Crippen molar-refractivity contribution in [2.24, 2.45) is 0 Å². The third-order valence-corrected chi connectivity index (χ3v) is 3.59. The van der Waals surface area contributed by atoms with Gasteiger partial charge in [0, 0.05) is 12.2 Å². The molecular formula is C18H17F3N2O3. The van der Waals surface area contributed by atoms with Gasteiger partial charge in [-0.25, -0.2) is 0 Å². The molecule has 2 aromatic carbocycles. The van der Waals surface area contributed by atoms with E-state index >= 15 is 0 Å². The molecule has 8 heteroatoms. The molecule has 0 saturated heterocycles. The first-order valence-corrected chi connectivity index (χ1v) is 7.68. The summed E-state index contributed by atoms with van der Waals surface area (Å²) in [5.74, 6) is -1.87. The molecule has 2 amide bonds. The highest BCUT2D eigenvalue weighted by molar-refractivity contribution is 6.39. The van der Waals surface area contributed by atoms with Crippen LogP contribution in [0.25, 0.3) is 0 Å². The lowest BCUT2D eigenvalue weighted by Crippen LogP contribution is -2.37. The number of nitrogens with one attached hydrogen (secondary N) is 2. The molecule has 0 saturated carbocycles.